The molecule has 0 spiro atoms. The molecule has 2 amide bonds. The van der Waals surface area contributed by atoms with E-state index in [-0.39, 0.29) is 30.0 Å². The molecule has 1 aromatic carbocycles. The fourth-order valence-electron chi connectivity index (χ4n) is 3.81. The summed E-state index contributed by atoms with van der Waals surface area (Å²) in [4.78, 5) is 35.7. The van der Waals surface area contributed by atoms with Gasteiger partial charge in [0.05, 0.1) is 17.2 Å². The lowest BCUT2D eigenvalue weighted by Crippen LogP contribution is -2.34. The number of benzene rings is 1. The van der Waals surface area contributed by atoms with E-state index >= 15 is 0 Å². The van der Waals surface area contributed by atoms with Gasteiger partial charge in [-0.3, -0.25) is 14.6 Å². The Hall–Kier alpha value is -3.13. The molecule has 0 saturated heterocycles. The topological polar surface area (TPSA) is 89.2 Å². The van der Waals surface area contributed by atoms with Gasteiger partial charge in [-0.1, -0.05) is 12.1 Å². The molecule has 0 bridgehead atoms. The number of hydrogen-bond acceptors (Lipinski definition) is 5. The van der Waals surface area contributed by atoms with Gasteiger partial charge in [-0.05, 0) is 49.1 Å². The summed E-state index contributed by atoms with van der Waals surface area (Å²) in [5.74, 6) is -1.19. The Morgan fingerprint density at radius 3 is 2.86 bits per heavy atom. The molecule has 4 rings (SSSR count). The molecule has 0 radical (unpaired) electrons. The van der Waals surface area contributed by atoms with Crippen molar-refractivity contribution in [1.29, 1.82) is 0 Å². The van der Waals surface area contributed by atoms with Crippen molar-refractivity contribution in [2.24, 2.45) is 5.73 Å². The first-order valence-corrected chi connectivity index (χ1v) is 10.1. The fourth-order valence-corrected chi connectivity index (χ4v) is 4.57. The molecule has 6 nitrogen and oxygen atoms in total. The maximum Gasteiger partial charge on any atom is 0.267 e. The Morgan fingerprint density at radius 2 is 2.14 bits per heavy atom. The molecule has 148 valence electrons. The Balaban J connectivity index is 1.78. The van der Waals surface area contributed by atoms with Gasteiger partial charge in [0.25, 0.3) is 11.8 Å². The van der Waals surface area contributed by atoms with Crippen molar-refractivity contribution in [3.63, 3.8) is 0 Å². The van der Waals surface area contributed by atoms with E-state index < -0.39 is 5.91 Å². The van der Waals surface area contributed by atoms with Crippen molar-refractivity contribution in [2.45, 2.75) is 32.4 Å². The van der Waals surface area contributed by atoms with E-state index in [9.17, 15) is 14.0 Å². The van der Waals surface area contributed by atoms with Crippen LogP contribution in [0.5, 0.6) is 0 Å². The highest BCUT2D eigenvalue weighted by Crippen LogP contribution is 2.38. The number of thiazole rings is 1. The molecule has 2 aromatic heterocycles. The molecule has 1 atom stereocenters. The number of amides is 2. The third kappa shape index (κ3) is 3.63. The summed E-state index contributed by atoms with van der Waals surface area (Å²) >= 11 is 1.27. The van der Waals surface area contributed by atoms with Crippen LogP contribution in [0.1, 0.15) is 55.0 Å². The zero-order valence-electron chi connectivity index (χ0n) is 15.8. The SMILES string of the molecule is Cc1ncsc1C(=O)N(Cc1cccnc1C(N)=O)[C@@H]1CCc2ccc(F)cc21. The average Bonchev–Trinajstić information content (AvgIpc) is 3.31. The van der Waals surface area contributed by atoms with E-state index in [1.165, 1.54) is 29.7 Å². The minimum Gasteiger partial charge on any atom is -0.364 e. The molecular formula is C21H19FN4O2S. The Labute approximate surface area is 171 Å². The van der Waals surface area contributed by atoms with Crippen molar-refractivity contribution in [1.82, 2.24) is 14.9 Å². The highest BCUT2D eigenvalue weighted by molar-refractivity contribution is 7.11. The molecule has 0 aliphatic heterocycles. The predicted molar refractivity (Wildman–Crippen MR) is 107 cm³/mol. The number of carbonyl (C=O) groups excluding carboxylic acids is 2. The van der Waals surface area contributed by atoms with Gasteiger partial charge in [0.15, 0.2) is 0 Å². The van der Waals surface area contributed by atoms with Crippen LogP contribution in [0, 0.1) is 12.7 Å². The van der Waals surface area contributed by atoms with Crippen LogP contribution in [0.15, 0.2) is 42.0 Å². The first kappa shape index (κ1) is 19.2. The van der Waals surface area contributed by atoms with E-state index in [0.29, 0.717) is 22.6 Å². The second kappa shape index (κ2) is 7.71. The second-order valence-corrected chi connectivity index (χ2v) is 7.83. The highest BCUT2D eigenvalue weighted by atomic mass is 32.1. The summed E-state index contributed by atoms with van der Waals surface area (Å²) in [6.07, 6.45) is 2.92. The monoisotopic (exact) mass is 410 g/mol. The predicted octanol–water partition coefficient (Wildman–Crippen LogP) is 3.41. The molecule has 2 heterocycles. The smallest absolute Gasteiger partial charge is 0.267 e. The van der Waals surface area contributed by atoms with E-state index in [4.69, 9.17) is 5.73 Å². The van der Waals surface area contributed by atoms with Gasteiger partial charge in [-0.2, -0.15) is 0 Å². The quantitative estimate of drug-likeness (QED) is 0.698. The van der Waals surface area contributed by atoms with E-state index in [1.807, 2.05) is 0 Å². The first-order chi connectivity index (χ1) is 14.0. The van der Waals surface area contributed by atoms with Crippen molar-refractivity contribution < 1.29 is 14.0 Å². The molecule has 1 aliphatic carbocycles. The zero-order chi connectivity index (χ0) is 20.5. The Kier molecular flexibility index (Phi) is 5.10. The van der Waals surface area contributed by atoms with Crippen LogP contribution >= 0.6 is 11.3 Å². The van der Waals surface area contributed by atoms with E-state index in [2.05, 4.69) is 9.97 Å². The number of aromatic nitrogens is 2. The van der Waals surface area contributed by atoms with Gasteiger partial charge in [0.1, 0.15) is 16.4 Å². The summed E-state index contributed by atoms with van der Waals surface area (Å²) in [7, 11) is 0. The van der Waals surface area contributed by atoms with E-state index in [0.717, 1.165) is 17.5 Å². The zero-order valence-corrected chi connectivity index (χ0v) is 16.6. The molecule has 0 unspecified atom stereocenters. The lowest BCUT2D eigenvalue weighted by molar-refractivity contribution is 0.0659. The number of aryl methyl sites for hydroxylation is 2. The third-order valence-electron chi connectivity index (χ3n) is 5.20. The Bertz CT molecular complexity index is 1100. The number of nitrogens with two attached hydrogens (primary N) is 1. The summed E-state index contributed by atoms with van der Waals surface area (Å²) in [6, 6.07) is 7.82. The summed E-state index contributed by atoms with van der Waals surface area (Å²) in [6.45, 7) is 1.92. The van der Waals surface area contributed by atoms with Crippen molar-refractivity contribution in [2.75, 3.05) is 0 Å². The molecular weight excluding hydrogens is 391 g/mol. The van der Waals surface area contributed by atoms with Gasteiger partial charge < -0.3 is 10.6 Å². The van der Waals surface area contributed by atoms with Gasteiger partial charge in [0, 0.05) is 18.3 Å². The van der Waals surface area contributed by atoms with Crippen molar-refractivity contribution in [3.8, 4) is 0 Å². The average molecular weight is 410 g/mol. The summed E-state index contributed by atoms with van der Waals surface area (Å²) in [5.41, 5.74) is 10.2. The third-order valence-corrected chi connectivity index (χ3v) is 6.11. The minimum atomic E-state index is -0.653. The number of nitrogens with zero attached hydrogens (tertiary/aromatic N) is 3. The first-order valence-electron chi connectivity index (χ1n) is 9.18. The standard InChI is InChI=1S/C21H19FN4O2S/c1-12-19(29-11-25-12)21(28)26(10-14-3-2-8-24-18(14)20(23)27)17-7-5-13-4-6-15(22)9-16(13)17/h2-4,6,8-9,11,17H,5,7,10H2,1H3,(H2,23,27)/t17-/m1/s1. The van der Waals surface area contributed by atoms with Crippen molar-refractivity contribution in [3.05, 3.63) is 80.8 Å². The van der Waals surface area contributed by atoms with Crippen LogP contribution in [-0.2, 0) is 13.0 Å². The van der Waals surface area contributed by atoms with Gasteiger partial charge >= 0.3 is 0 Å². The van der Waals surface area contributed by atoms with Crippen LogP contribution in [0.3, 0.4) is 0 Å². The number of halogens is 1. The van der Waals surface area contributed by atoms with Crippen molar-refractivity contribution >= 4 is 23.2 Å². The van der Waals surface area contributed by atoms with Crippen LogP contribution in [-0.4, -0.2) is 26.7 Å². The maximum atomic E-state index is 14.0. The number of pyridine rings is 1. The molecule has 29 heavy (non-hydrogen) atoms. The molecule has 0 fully saturated rings. The number of carbonyl (C=O) groups is 2. The highest BCUT2D eigenvalue weighted by Gasteiger charge is 2.34. The van der Waals surface area contributed by atoms with Gasteiger partial charge in [0.2, 0.25) is 0 Å². The molecule has 2 N–H and O–H groups in total. The summed E-state index contributed by atoms with van der Waals surface area (Å²) < 4.78 is 14.0. The van der Waals surface area contributed by atoms with Crippen LogP contribution in [0.25, 0.3) is 0 Å². The molecule has 0 saturated carbocycles. The number of primary amides is 1. The summed E-state index contributed by atoms with van der Waals surface area (Å²) in [5, 5.41) is 0. The molecule has 3 aromatic rings. The fraction of sp³-hybridized carbons (Fsp3) is 0.238. The molecule has 1 aliphatic rings. The van der Waals surface area contributed by atoms with E-state index in [1.54, 1.807) is 35.5 Å². The second-order valence-electron chi connectivity index (χ2n) is 6.97. The Morgan fingerprint density at radius 1 is 1.31 bits per heavy atom. The van der Waals surface area contributed by atoms with Crippen LogP contribution < -0.4 is 5.73 Å². The number of fused-ring (bicyclic) bond motifs is 1. The van der Waals surface area contributed by atoms with Gasteiger partial charge in [-0.25, -0.2) is 9.37 Å². The number of hydrogen-bond donors (Lipinski definition) is 1. The van der Waals surface area contributed by atoms with Gasteiger partial charge in [-0.15, -0.1) is 11.3 Å². The lowest BCUT2D eigenvalue weighted by atomic mass is 10.0. The lowest BCUT2D eigenvalue weighted by Gasteiger charge is -2.30. The largest absolute Gasteiger partial charge is 0.364 e. The van der Waals surface area contributed by atoms with Crippen LogP contribution in [0.4, 0.5) is 4.39 Å². The minimum absolute atomic E-state index is 0.129. The molecule has 8 heteroatoms. The van der Waals surface area contributed by atoms with Crippen LogP contribution in [0.2, 0.25) is 0 Å². The maximum absolute atomic E-state index is 14.0. The number of rotatable bonds is 5. The normalized spacial score (nSPS) is 15.2.